The van der Waals surface area contributed by atoms with Gasteiger partial charge in [0.2, 0.25) is 5.88 Å². The van der Waals surface area contributed by atoms with E-state index in [1.165, 1.54) is 0 Å². The van der Waals surface area contributed by atoms with Crippen LogP contribution in [0.2, 0.25) is 0 Å². The minimum atomic E-state index is -0.545. The molecule has 0 radical (unpaired) electrons. The molecular formula is C16H16N4O3. The van der Waals surface area contributed by atoms with E-state index in [1.807, 2.05) is 30.3 Å². The van der Waals surface area contributed by atoms with Gasteiger partial charge in [-0.25, -0.2) is 14.3 Å². The van der Waals surface area contributed by atoms with Crippen molar-refractivity contribution in [1.82, 2.24) is 14.6 Å². The van der Waals surface area contributed by atoms with E-state index in [9.17, 15) is 4.79 Å². The summed E-state index contributed by atoms with van der Waals surface area (Å²) in [6.45, 7) is 2.47. The molecule has 0 unspecified atom stereocenters. The maximum atomic E-state index is 11.4. The highest BCUT2D eigenvalue weighted by Crippen LogP contribution is 2.14. The van der Waals surface area contributed by atoms with Crippen molar-refractivity contribution in [3.05, 3.63) is 54.2 Å². The Morgan fingerprint density at radius 3 is 2.83 bits per heavy atom. The first-order valence-electron chi connectivity index (χ1n) is 7.21. The van der Waals surface area contributed by atoms with Gasteiger partial charge in [0, 0.05) is 6.07 Å². The monoisotopic (exact) mass is 312 g/mol. The fraction of sp³-hybridized carbons (Fsp3) is 0.188. The molecule has 0 atom stereocenters. The molecule has 2 heterocycles. The van der Waals surface area contributed by atoms with Gasteiger partial charge in [-0.15, -0.1) is 5.10 Å². The van der Waals surface area contributed by atoms with Gasteiger partial charge in [0.15, 0.2) is 11.5 Å². The average Bonchev–Trinajstić information content (AvgIpc) is 2.95. The van der Waals surface area contributed by atoms with Crippen molar-refractivity contribution >= 4 is 17.6 Å². The smallest absolute Gasteiger partial charge is 0.412 e. The number of nitrogens with one attached hydrogen (secondary N) is 1. The zero-order valence-corrected chi connectivity index (χ0v) is 12.6. The van der Waals surface area contributed by atoms with Crippen LogP contribution in [0.3, 0.4) is 0 Å². The lowest BCUT2D eigenvalue weighted by atomic mass is 10.2. The second-order valence-electron chi connectivity index (χ2n) is 4.72. The number of rotatable bonds is 5. The van der Waals surface area contributed by atoms with Gasteiger partial charge in [-0.05, 0) is 18.6 Å². The van der Waals surface area contributed by atoms with Gasteiger partial charge in [0.25, 0.3) is 0 Å². The molecule has 3 aromatic rings. The van der Waals surface area contributed by atoms with Crippen molar-refractivity contribution < 1.29 is 14.3 Å². The number of ether oxygens (including phenoxy) is 2. The number of anilines is 1. The molecule has 7 heteroatoms. The number of hydrogen-bond donors (Lipinski definition) is 1. The predicted octanol–water partition coefficient (Wildman–Crippen LogP) is 2.88. The second kappa shape index (κ2) is 6.78. The minimum Gasteiger partial charge on any atom is -0.472 e. The fourth-order valence-corrected chi connectivity index (χ4v) is 2.01. The normalized spacial score (nSPS) is 10.5. The lowest BCUT2D eigenvalue weighted by Gasteiger charge is -2.05. The number of hydrogen-bond acceptors (Lipinski definition) is 5. The summed E-state index contributed by atoms with van der Waals surface area (Å²) in [5.74, 6) is 0.845. The van der Waals surface area contributed by atoms with Crippen molar-refractivity contribution in [2.24, 2.45) is 0 Å². The van der Waals surface area contributed by atoms with Gasteiger partial charge >= 0.3 is 6.09 Å². The first-order chi connectivity index (χ1) is 11.2. The molecule has 1 aromatic carbocycles. The Morgan fingerprint density at radius 2 is 2.04 bits per heavy atom. The number of carbonyl (C=O) groups excluding carboxylic acids is 1. The van der Waals surface area contributed by atoms with Crippen molar-refractivity contribution in [3.8, 4) is 5.88 Å². The van der Waals surface area contributed by atoms with Gasteiger partial charge in [-0.2, -0.15) is 0 Å². The molecule has 1 amide bonds. The number of nitrogens with zero attached hydrogens (tertiary/aromatic N) is 3. The van der Waals surface area contributed by atoms with Crippen LogP contribution < -0.4 is 10.1 Å². The molecule has 118 valence electrons. The Kier molecular flexibility index (Phi) is 4.37. The molecular weight excluding hydrogens is 296 g/mol. The molecule has 0 bridgehead atoms. The van der Waals surface area contributed by atoms with Crippen molar-refractivity contribution in [1.29, 1.82) is 0 Å². The molecule has 0 spiro atoms. The topological polar surface area (TPSA) is 77.8 Å². The van der Waals surface area contributed by atoms with E-state index in [0.29, 0.717) is 30.6 Å². The summed E-state index contributed by atoms with van der Waals surface area (Å²) in [5.41, 5.74) is 1.66. The van der Waals surface area contributed by atoms with Crippen LogP contribution in [0.5, 0.6) is 5.88 Å². The maximum Gasteiger partial charge on any atom is 0.412 e. The van der Waals surface area contributed by atoms with Crippen LogP contribution in [0.1, 0.15) is 12.5 Å². The Morgan fingerprint density at radius 1 is 1.22 bits per heavy atom. The van der Waals surface area contributed by atoms with Crippen molar-refractivity contribution in [2.45, 2.75) is 13.5 Å². The predicted molar refractivity (Wildman–Crippen MR) is 84.4 cm³/mol. The molecule has 0 aliphatic heterocycles. The number of benzene rings is 1. The number of aromatic nitrogens is 3. The minimum absolute atomic E-state index is 0.301. The van der Waals surface area contributed by atoms with Crippen LogP contribution in [0, 0.1) is 0 Å². The zero-order chi connectivity index (χ0) is 16.1. The van der Waals surface area contributed by atoms with Crippen LogP contribution in [0.4, 0.5) is 10.6 Å². The zero-order valence-electron chi connectivity index (χ0n) is 12.6. The summed E-state index contributed by atoms with van der Waals surface area (Å²) < 4.78 is 12.0. The third-order valence-electron chi connectivity index (χ3n) is 3.03. The summed E-state index contributed by atoms with van der Waals surface area (Å²) in [7, 11) is 0. The van der Waals surface area contributed by atoms with Crippen LogP contribution in [-0.4, -0.2) is 27.3 Å². The van der Waals surface area contributed by atoms with Gasteiger partial charge in [0.05, 0.1) is 12.8 Å². The third-order valence-corrected chi connectivity index (χ3v) is 3.03. The molecule has 0 saturated heterocycles. The molecule has 2 aromatic heterocycles. The Balaban J connectivity index is 1.70. The van der Waals surface area contributed by atoms with E-state index in [1.54, 1.807) is 29.8 Å². The van der Waals surface area contributed by atoms with Crippen LogP contribution >= 0.6 is 0 Å². The molecule has 1 N–H and O–H groups in total. The highest BCUT2D eigenvalue weighted by molar-refractivity contribution is 5.83. The number of carbonyl (C=O) groups is 1. The molecule has 23 heavy (non-hydrogen) atoms. The van der Waals surface area contributed by atoms with Gasteiger partial charge in [-0.1, -0.05) is 30.3 Å². The van der Waals surface area contributed by atoms with E-state index in [0.717, 1.165) is 5.56 Å². The lowest BCUT2D eigenvalue weighted by Crippen LogP contribution is -2.13. The number of imidazole rings is 1. The van der Waals surface area contributed by atoms with Crippen LogP contribution in [-0.2, 0) is 11.3 Å². The fourth-order valence-electron chi connectivity index (χ4n) is 2.01. The van der Waals surface area contributed by atoms with Crippen LogP contribution in [0.25, 0.3) is 5.65 Å². The summed E-state index contributed by atoms with van der Waals surface area (Å²) in [4.78, 5) is 15.6. The summed E-state index contributed by atoms with van der Waals surface area (Å²) in [5, 5.41) is 6.84. The first-order valence-corrected chi connectivity index (χ1v) is 7.21. The van der Waals surface area contributed by atoms with Gasteiger partial charge < -0.3 is 9.47 Å². The average molecular weight is 312 g/mol. The highest BCUT2D eigenvalue weighted by Gasteiger charge is 2.08. The largest absolute Gasteiger partial charge is 0.472 e. The van der Waals surface area contributed by atoms with E-state index in [2.05, 4.69) is 15.4 Å². The molecule has 3 rings (SSSR count). The Labute approximate surface area is 132 Å². The van der Waals surface area contributed by atoms with E-state index < -0.39 is 6.09 Å². The first kappa shape index (κ1) is 14.8. The third kappa shape index (κ3) is 3.76. The summed E-state index contributed by atoms with van der Waals surface area (Å²) in [6.07, 6.45) is 1.05. The maximum absolute atomic E-state index is 11.4. The Hall–Kier alpha value is -3.09. The van der Waals surface area contributed by atoms with E-state index in [-0.39, 0.29) is 0 Å². The lowest BCUT2D eigenvalue weighted by molar-refractivity contribution is 0.168. The number of amides is 1. The number of fused-ring (bicyclic) bond motifs is 1. The van der Waals surface area contributed by atoms with Crippen molar-refractivity contribution in [2.75, 3.05) is 11.9 Å². The highest BCUT2D eigenvalue weighted by atomic mass is 16.5. The SMILES string of the molecule is CCOC(=O)Nc1cn2nc(OCc3ccccc3)ccc2n1. The molecule has 0 aliphatic carbocycles. The molecule has 0 fully saturated rings. The Bertz CT molecular complexity index is 801. The molecule has 0 aliphatic rings. The van der Waals surface area contributed by atoms with Gasteiger partial charge in [0.1, 0.15) is 6.61 Å². The summed E-state index contributed by atoms with van der Waals surface area (Å²) >= 11 is 0. The standard InChI is InChI=1S/C16H16N4O3/c1-2-22-16(21)18-13-10-20-14(17-13)8-9-15(19-20)23-11-12-6-4-3-5-7-12/h3-10H,2,11H2,1H3,(H,18,21). The van der Waals surface area contributed by atoms with E-state index in [4.69, 9.17) is 9.47 Å². The van der Waals surface area contributed by atoms with Crippen molar-refractivity contribution in [3.63, 3.8) is 0 Å². The summed E-state index contributed by atoms with van der Waals surface area (Å²) in [6, 6.07) is 13.3. The van der Waals surface area contributed by atoms with Crippen LogP contribution in [0.15, 0.2) is 48.7 Å². The molecule has 0 saturated carbocycles. The van der Waals surface area contributed by atoms with Gasteiger partial charge in [-0.3, -0.25) is 5.32 Å². The molecule has 7 nitrogen and oxygen atoms in total. The van der Waals surface area contributed by atoms with E-state index >= 15 is 0 Å². The quantitative estimate of drug-likeness (QED) is 0.784. The second-order valence-corrected chi connectivity index (χ2v) is 4.72.